The van der Waals surface area contributed by atoms with E-state index in [9.17, 15) is 4.79 Å². The third-order valence-corrected chi connectivity index (χ3v) is 8.20. The number of aromatic nitrogens is 3. The fourth-order valence-electron chi connectivity index (χ4n) is 5.53. The largest absolute Gasteiger partial charge is 0.496 e. The Morgan fingerprint density at radius 2 is 2.00 bits per heavy atom. The minimum absolute atomic E-state index is 0.0286. The highest BCUT2D eigenvalue weighted by Gasteiger charge is 2.34. The lowest BCUT2D eigenvalue weighted by atomic mass is 9.93. The van der Waals surface area contributed by atoms with Crippen LogP contribution < -0.4 is 10.5 Å². The third-order valence-electron chi connectivity index (χ3n) is 7.54. The topological polar surface area (TPSA) is 89.5 Å². The number of hydrogen-bond acceptors (Lipinski definition) is 6. The van der Waals surface area contributed by atoms with Gasteiger partial charge in [-0.3, -0.25) is 9.69 Å². The summed E-state index contributed by atoms with van der Waals surface area (Å²) in [6, 6.07) is 6.64. The Bertz CT molecular complexity index is 1440. The number of hydrogen-bond donors (Lipinski definition) is 1. The van der Waals surface area contributed by atoms with Gasteiger partial charge in [-0.2, -0.15) is 0 Å². The number of likely N-dealkylation sites (tertiary alicyclic amines) is 2. The molecule has 0 atom stereocenters. The van der Waals surface area contributed by atoms with E-state index in [-0.39, 0.29) is 17.9 Å². The number of nitrogens with zero attached hydrogens (tertiary/aromatic N) is 5. The van der Waals surface area contributed by atoms with E-state index >= 15 is 0 Å². The van der Waals surface area contributed by atoms with Gasteiger partial charge in [-0.05, 0) is 72.3 Å². The van der Waals surface area contributed by atoms with Gasteiger partial charge in [0.15, 0.2) is 0 Å². The summed E-state index contributed by atoms with van der Waals surface area (Å²) >= 11 is 3.56. The smallest absolute Gasteiger partial charge is 0.245 e. The van der Waals surface area contributed by atoms with Gasteiger partial charge in [-0.1, -0.05) is 18.6 Å². The van der Waals surface area contributed by atoms with Crippen molar-refractivity contribution in [2.75, 3.05) is 39.0 Å². The molecule has 198 valence electrons. The standard InChI is InChI=1S/C29H33BrN6O2/c1-5-25(37)34-12-10-21(11-13-34)35-15-19(16-35)6-9-23-26(20-7-8-22(30)24(14-20)38-4)27-28(31)32-17-33-29(27)36(23)18(2)3/h5,7-8,14,17-19,21H,1,10-13,15-16H2,2-4H3,(H2,31,32,33). The van der Waals surface area contributed by atoms with Crippen LogP contribution in [0, 0.1) is 17.8 Å². The van der Waals surface area contributed by atoms with Gasteiger partial charge < -0.3 is 19.9 Å². The number of piperidine rings is 1. The van der Waals surface area contributed by atoms with Crippen LogP contribution in [0.3, 0.4) is 0 Å². The fourth-order valence-corrected chi connectivity index (χ4v) is 5.94. The van der Waals surface area contributed by atoms with Crippen LogP contribution in [0.25, 0.3) is 22.2 Å². The molecular formula is C29H33BrN6O2. The molecule has 0 unspecified atom stereocenters. The van der Waals surface area contributed by atoms with Gasteiger partial charge in [0.2, 0.25) is 5.91 Å². The minimum Gasteiger partial charge on any atom is -0.496 e. The summed E-state index contributed by atoms with van der Waals surface area (Å²) in [6.07, 6.45) is 4.91. The van der Waals surface area contributed by atoms with E-state index < -0.39 is 0 Å². The lowest BCUT2D eigenvalue weighted by Gasteiger charge is -2.45. The molecule has 2 fully saturated rings. The summed E-state index contributed by atoms with van der Waals surface area (Å²) in [5.74, 6) is 8.57. The van der Waals surface area contributed by atoms with Gasteiger partial charge in [0.25, 0.3) is 0 Å². The molecule has 0 spiro atoms. The number of methoxy groups -OCH3 is 1. The van der Waals surface area contributed by atoms with Crippen molar-refractivity contribution in [2.24, 2.45) is 5.92 Å². The average molecular weight is 578 g/mol. The number of carbonyl (C=O) groups is 1. The maximum absolute atomic E-state index is 11.9. The van der Waals surface area contributed by atoms with Crippen LogP contribution in [0.5, 0.6) is 5.75 Å². The number of benzene rings is 1. The van der Waals surface area contributed by atoms with Crippen LogP contribution in [0.4, 0.5) is 5.82 Å². The van der Waals surface area contributed by atoms with E-state index in [1.807, 2.05) is 23.1 Å². The Kier molecular flexibility index (Phi) is 7.46. The van der Waals surface area contributed by atoms with Crippen molar-refractivity contribution in [3.63, 3.8) is 0 Å². The molecule has 5 rings (SSSR count). The number of anilines is 1. The molecule has 1 amide bonds. The Labute approximate surface area is 232 Å². The molecular weight excluding hydrogens is 544 g/mol. The Hall–Kier alpha value is -3.35. The molecule has 0 aliphatic carbocycles. The first-order valence-corrected chi connectivity index (χ1v) is 13.8. The second kappa shape index (κ2) is 10.8. The van der Waals surface area contributed by atoms with E-state index in [4.69, 9.17) is 10.5 Å². The highest BCUT2D eigenvalue weighted by Crippen LogP contribution is 2.40. The number of nitrogens with two attached hydrogens (primary N) is 1. The van der Waals surface area contributed by atoms with Crippen LogP contribution in [-0.2, 0) is 4.79 Å². The third kappa shape index (κ3) is 4.79. The van der Waals surface area contributed by atoms with Gasteiger partial charge >= 0.3 is 0 Å². The number of carbonyl (C=O) groups excluding carboxylic acids is 1. The zero-order valence-corrected chi connectivity index (χ0v) is 23.7. The van der Waals surface area contributed by atoms with E-state index in [0.29, 0.717) is 11.9 Å². The van der Waals surface area contributed by atoms with Crippen molar-refractivity contribution >= 4 is 38.7 Å². The summed E-state index contributed by atoms with van der Waals surface area (Å²) in [5, 5.41) is 0.811. The molecule has 0 radical (unpaired) electrons. The van der Waals surface area contributed by atoms with E-state index in [2.05, 4.69) is 67.6 Å². The normalized spacial score (nSPS) is 16.8. The number of nitrogen functional groups attached to an aromatic ring is 1. The summed E-state index contributed by atoms with van der Waals surface area (Å²) in [7, 11) is 1.66. The minimum atomic E-state index is 0.0286. The highest BCUT2D eigenvalue weighted by molar-refractivity contribution is 9.10. The predicted molar refractivity (Wildman–Crippen MR) is 154 cm³/mol. The summed E-state index contributed by atoms with van der Waals surface area (Å²) in [4.78, 5) is 25.2. The van der Waals surface area contributed by atoms with Crippen molar-refractivity contribution in [1.29, 1.82) is 0 Å². The molecule has 2 aliphatic rings. The number of amides is 1. The maximum atomic E-state index is 11.9. The van der Waals surface area contributed by atoms with Crippen molar-refractivity contribution in [3.05, 3.63) is 47.3 Å². The van der Waals surface area contributed by atoms with Crippen molar-refractivity contribution in [1.82, 2.24) is 24.3 Å². The predicted octanol–water partition coefficient (Wildman–Crippen LogP) is 4.49. The van der Waals surface area contributed by atoms with Crippen molar-refractivity contribution < 1.29 is 9.53 Å². The average Bonchev–Trinajstić information content (AvgIpc) is 3.23. The summed E-state index contributed by atoms with van der Waals surface area (Å²) < 4.78 is 8.62. The zero-order chi connectivity index (χ0) is 27.0. The molecule has 8 nitrogen and oxygen atoms in total. The molecule has 0 saturated carbocycles. The van der Waals surface area contributed by atoms with Crippen LogP contribution >= 0.6 is 15.9 Å². The molecule has 2 aliphatic heterocycles. The SMILES string of the molecule is C=CC(=O)N1CCC(N2CC(C#Cc3c(-c4ccc(Br)c(OC)c4)c4c(N)ncnc4n3C(C)C)C2)CC1. The van der Waals surface area contributed by atoms with Gasteiger partial charge in [-0.15, -0.1) is 0 Å². The van der Waals surface area contributed by atoms with Crippen molar-refractivity contribution in [3.8, 4) is 28.7 Å². The molecule has 0 bridgehead atoms. The Morgan fingerprint density at radius 1 is 1.26 bits per heavy atom. The first-order valence-electron chi connectivity index (χ1n) is 13.0. The molecule has 3 aromatic rings. The van der Waals surface area contributed by atoms with E-state index in [1.165, 1.54) is 12.4 Å². The second-order valence-electron chi connectivity index (χ2n) is 10.2. The number of fused-ring (bicyclic) bond motifs is 1. The van der Waals surface area contributed by atoms with Crippen LogP contribution in [-0.4, -0.2) is 69.6 Å². The van der Waals surface area contributed by atoms with Gasteiger partial charge in [0.05, 0.1) is 17.0 Å². The maximum Gasteiger partial charge on any atom is 0.245 e. The number of halogens is 1. The van der Waals surface area contributed by atoms with Gasteiger partial charge in [-0.25, -0.2) is 9.97 Å². The molecule has 2 saturated heterocycles. The lowest BCUT2D eigenvalue weighted by molar-refractivity contribution is -0.127. The zero-order valence-electron chi connectivity index (χ0n) is 22.1. The molecule has 38 heavy (non-hydrogen) atoms. The van der Waals surface area contributed by atoms with Crippen molar-refractivity contribution in [2.45, 2.75) is 38.8 Å². The van der Waals surface area contributed by atoms with E-state index in [0.717, 1.165) is 77.1 Å². The molecule has 4 heterocycles. The second-order valence-corrected chi connectivity index (χ2v) is 11.0. The van der Waals surface area contributed by atoms with Crippen LogP contribution in [0.15, 0.2) is 41.7 Å². The summed E-state index contributed by atoms with van der Waals surface area (Å²) in [6.45, 7) is 11.3. The highest BCUT2D eigenvalue weighted by atomic mass is 79.9. The first kappa shape index (κ1) is 26.3. The lowest BCUT2D eigenvalue weighted by Crippen LogP contribution is -2.55. The molecule has 2 N–H and O–H groups in total. The molecule has 2 aromatic heterocycles. The molecule has 9 heteroatoms. The van der Waals surface area contributed by atoms with Crippen LogP contribution in [0.2, 0.25) is 0 Å². The Balaban J connectivity index is 1.45. The number of ether oxygens (including phenoxy) is 1. The number of rotatable bonds is 5. The van der Waals surface area contributed by atoms with Gasteiger partial charge in [0.1, 0.15) is 29.2 Å². The van der Waals surface area contributed by atoms with Gasteiger partial charge in [0, 0.05) is 49.7 Å². The summed E-state index contributed by atoms with van der Waals surface area (Å²) in [5.41, 5.74) is 9.98. The first-order chi connectivity index (χ1) is 18.3. The van der Waals surface area contributed by atoms with E-state index in [1.54, 1.807) is 7.11 Å². The quantitative estimate of drug-likeness (QED) is 0.355. The monoisotopic (exact) mass is 576 g/mol. The fraction of sp³-hybridized carbons (Fsp3) is 0.414. The molecule has 1 aromatic carbocycles. The van der Waals surface area contributed by atoms with Crippen LogP contribution in [0.1, 0.15) is 38.4 Å². The Morgan fingerprint density at radius 3 is 2.66 bits per heavy atom.